The summed E-state index contributed by atoms with van der Waals surface area (Å²) in [6.45, 7) is 0.290. The van der Waals surface area contributed by atoms with Crippen LogP contribution in [0, 0.1) is 0 Å². The molecule has 23 heavy (non-hydrogen) atoms. The Balaban J connectivity index is 1.61. The number of nitrogens with zero attached hydrogens (tertiary/aromatic N) is 2. The van der Waals surface area contributed by atoms with Crippen molar-refractivity contribution in [3.05, 3.63) is 70.8 Å². The van der Waals surface area contributed by atoms with Crippen LogP contribution in [0.4, 0.5) is 0 Å². The summed E-state index contributed by atoms with van der Waals surface area (Å²) < 4.78 is 0. The fourth-order valence-electron chi connectivity index (χ4n) is 2.09. The van der Waals surface area contributed by atoms with Crippen molar-refractivity contribution >= 4 is 17.2 Å². The zero-order valence-corrected chi connectivity index (χ0v) is 13.0. The molecular formula is C17H15N3O2S. The Morgan fingerprint density at radius 3 is 2.65 bits per heavy atom. The van der Waals surface area contributed by atoms with Crippen molar-refractivity contribution in [1.29, 1.82) is 0 Å². The minimum atomic E-state index is -1.17. The maximum absolute atomic E-state index is 12.0. The van der Waals surface area contributed by atoms with Gasteiger partial charge in [-0.15, -0.1) is 11.3 Å². The van der Waals surface area contributed by atoms with Crippen molar-refractivity contribution < 1.29 is 9.90 Å². The molecule has 0 aliphatic carbocycles. The van der Waals surface area contributed by atoms with Crippen LogP contribution in [0.25, 0.3) is 11.3 Å². The number of pyridine rings is 1. The number of carbonyl (C=O) groups is 1. The van der Waals surface area contributed by atoms with Crippen LogP contribution in [0.15, 0.2) is 60.2 Å². The van der Waals surface area contributed by atoms with E-state index in [0.29, 0.717) is 12.1 Å². The van der Waals surface area contributed by atoms with Crippen LogP contribution >= 0.6 is 11.3 Å². The van der Waals surface area contributed by atoms with Gasteiger partial charge >= 0.3 is 0 Å². The molecule has 0 radical (unpaired) electrons. The third kappa shape index (κ3) is 3.80. The molecule has 0 saturated carbocycles. The van der Waals surface area contributed by atoms with Gasteiger partial charge in [0.1, 0.15) is 5.01 Å². The van der Waals surface area contributed by atoms with Crippen LogP contribution < -0.4 is 5.32 Å². The van der Waals surface area contributed by atoms with Crippen molar-refractivity contribution in [3.63, 3.8) is 0 Å². The van der Waals surface area contributed by atoms with Crippen LogP contribution in [-0.2, 0) is 11.3 Å². The number of amides is 1. The first-order valence-corrected chi connectivity index (χ1v) is 7.97. The van der Waals surface area contributed by atoms with E-state index in [1.807, 2.05) is 23.6 Å². The second-order valence-electron chi connectivity index (χ2n) is 4.89. The summed E-state index contributed by atoms with van der Waals surface area (Å²) in [7, 11) is 0. The highest BCUT2D eigenvalue weighted by atomic mass is 32.1. The summed E-state index contributed by atoms with van der Waals surface area (Å²) in [6.07, 6.45) is 2.26. The second-order valence-corrected chi connectivity index (χ2v) is 5.84. The number of thiazole rings is 1. The van der Waals surface area contributed by atoms with Gasteiger partial charge in [-0.3, -0.25) is 9.78 Å². The lowest BCUT2D eigenvalue weighted by Gasteiger charge is -2.10. The van der Waals surface area contributed by atoms with Crippen molar-refractivity contribution in [2.24, 2.45) is 0 Å². The Bertz CT molecular complexity index is 775. The van der Waals surface area contributed by atoms with E-state index in [-0.39, 0.29) is 0 Å². The summed E-state index contributed by atoms with van der Waals surface area (Å²) in [4.78, 5) is 20.5. The molecule has 2 aromatic heterocycles. The molecule has 1 atom stereocenters. The Hall–Kier alpha value is -2.57. The quantitative estimate of drug-likeness (QED) is 0.756. The standard InChI is InChI=1S/C17H15N3O2S/c21-16(13-4-2-1-3-5-13)17(22)19-10-15-20-14(11-23-15)12-6-8-18-9-7-12/h1-9,11,16,21H,10H2,(H,19,22). The van der Waals surface area contributed by atoms with E-state index in [4.69, 9.17) is 0 Å². The topological polar surface area (TPSA) is 75.1 Å². The lowest BCUT2D eigenvalue weighted by atomic mass is 10.1. The number of hydrogen-bond donors (Lipinski definition) is 2. The number of rotatable bonds is 5. The summed E-state index contributed by atoms with van der Waals surface area (Å²) in [5, 5.41) is 15.4. The normalized spacial score (nSPS) is 11.9. The third-order valence-corrected chi connectivity index (χ3v) is 4.15. The van der Waals surface area contributed by atoms with Crippen LogP contribution in [0.3, 0.4) is 0 Å². The Labute approximate surface area is 137 Å². The smallest absolute Gasteiger partial charge is 0.253 e. The van der Waals surface area contributed by atoms with E-state index in [1.165, 1.54) is 11.3 Å². The van der Waals surface area contributed by atoms with Gasteiger partial charge in [-0.25, -0.2) is 4.98 Å². The predicted octanol–water partition coefficient (Wildman–Crippen LogP) is 2.55. The number of aliphatic hydroxyl groups is 1. The average Bonchev–Trinajstić information content (AvgIpc) is 3.09. The summed E-state index contributed by atoms with van der Waals surface area (Å²) in [6, 6.07) is 12.6. The Morgan fingerprint density at radius 1 is 1.17 bits per heavy atom. The SMILES string of the molecule is O=C(NCc1nc(-c2ccncc2)cs1)C(O)c1ccccc1. The van der Waals surface area contributed by atoms with E-state index in [1.54, 1.807) is 36.7 Å². The van der Waals surface area contributed by atoms with Gasteiger partial charge in [0, 0.05) is 23.3 Å². The lowest BCUT2D eigenvalue weighted by molar-refractivity contribution is -0.129. The number of nitrogens with one attached hydrogen (secondary N) is 1. The van der Waals surface area contributed by atoms with Gasteiger partial charge in [-0.1, -0.05) is 30.3 Å². The largest absolute Gasteiger partial charge is 0.378 e. The molecule has 3 aromatic rings. The van der Waals surface area contributed by atoms with Crippen molar-refractivity contribution in [3.8, 4) is 11.3 Å². The predicted molar refractivity (Wildman–Crippen MR) is 88.6 cm³/mol. The first-order chi connectivity index (χ1) is 11.2. The van der Waals surface area contributed by atoms with Gasteiger partial charge in [0.25, 0.3) is 5.91 Å². The highest BCUT2D eigenvalue weighted by Gasteiger charge is 2.17. The van der Waals surface area contributed by atoms with E-state index in [9.17, 15) is 9.90 Å². The zero-order valence-electron chi connectivity index (χ0n) is 12.2. The third-order valence-electron chi connectivity index (χ3n) is 3.31. The van der Waals surface area contributed by atoms with Gasteiger partial charge in [0.2, 0.25) is 0 Å². The van der Waals surface area contributed by atoms with Crippen LogP contribution in [0.1, 0.15) is 16.7 Å². The molecule has 0 saturated heterocycles. The minimum Gasteiger partial charge on any atom is -0.378 e. The molecule has 0 aliphatic heterocycles. The number of benzene rings is 1. The molecule has 0 bridgehead atoms. The van der Waals surface area contributed by atoms with Gasteiger partial charge in [0.05, 0.1) is 12.2 Å². The first kappa shape index (κ1) is 15.3. The van der Waals surface area contributed by atoms with Crippen LogP contribution in [-0.4, -0.2) is 21.0 Å². The molecule has 1 aromatic carbocycles. The van der Waals surface area contributed by atoms with E-state index in [0.717, 1.165) is 16.3 Å². The Morgan fingerprint density at radius 2 is 1.91 bits per heavy atom. The van der Waals surface area contributed by atoms with Gasteiger partial charge < -0.3 is 10.4 Å². The molecule has 2 N–H and O–H groups in total. The molecule has 116 valence electrons. The molecule has 0 spiro atoms. The highest BCUT2D eigenvalue weighted by molar-refractivity contribution is 7.09. The highest BCUT2D eigenvalue weighted by Crippen LogP contribution is 2.21. The molecular weight excluding hydrogens is 310 g/mol. The monoisotopic (exact) mass is 325 g/mol. The fourth-order valence-corrected chi connectivity index (χ4v) is 2.84. The maximum Gasteiger partial charge on any atom is 0.253 e. The van der Waals surface area contributed by atoms with E-state index < -0.39 is 12.0 Å². The van der Waals surface area contributed by atoms with Gasteiger partial charge in [-0.05, 0) is 17.7 Å². The molecule has 0 fully saturated rings. The van der Waals surface area contributed by atoms with E-state index in [2.05, 4.69) is 15.3 Å². The molecule has 2 heterocycles. The molecule has 5 nitrogen and oxygen atoms in total. The van der Waals surface area contributed by atoms with Gasteiger partial charge in [0.15, 0.2) is 6.10 Å². The van der Waals surface area contributed by atoms with Gasteiger partial charge in [-0.2, -0.15) is 0 Å². The van der Waals surface area contributed by atoms with Crippen molar-refractivity contribution in [1.82, 2.24) is 15.3 Å². The molecule has 0 aliphatic rings. The average molecular weight is 325 g/mol. The number of aromatic nitrogens is 2. The van der Waals surface area contributed by atoms with Crippen LogP contribution in [0.5, 0.6) is 0 Å². The molecule has 1 unspecified atom stereocenters. The molecule has 3 rings (SSSR count). The minimum absolute atomic E-state index is 0.290. The Kier molecular flexibility index (Phi) is 4.75. The first-order valence-electron chi connectivity index (χ1n) is 7.09. The zero-order chi connectivity index (χ0) is 16.1. The molecule has 1 amide bonds. The lowest BCUT2D eigenvalue weighted by Crippen LogP contribution is -2.28. The number of carbonyl (C=O) groups excluding carboxylic acids is 1. The van der Waals surface area contributed by atoms with Crippen molar-refractivity contribution in [2.75, 3.05) is 0 Å². The van der Waals surface area contributed by atoms with Crippen LogP contribution in [0.2, 0.25) is 0 Å². The van der Waals surface area contributed by atoms with Crippen molar-refractivity contribution in [2.45, 2.75) is 12.6 Å². The summed E-state index contributed by atoms with van der Waals surface area (Å²) >= 11 is 1.47. The fraction of sp³-hybridized carbons (Fsp3) is 0.118. The summed E-state index contributed by atoms with van der Waals surface area (Å²) in [5.41, 5.74) is 2.41. The van der Waals surface area contributed by atoms with E-state index >= 15 is 0 Å². The maximum atomic E-state index is 12.0. The summed E-state index contributed by atoms with van der Waals surface area (Å²) in [5.74, 6) is -0.433. The molecule has 6 heteroatoms. The second kappa shape index (κ2) is 7.13. The number of aliphatic hydroxyl groups excluding tert-OH is 1. The number of hydrogen-bond acceptors (Lipinski definition) is 5.